The van der Waals surface area contributed by atoms with Gasteiger partial charge in [0.2, 0.25) is 0 Å². The van der Waals surface area contributed by atoms with Crippen LogP contribution in [0.25, 0.3) is 0 Å². The van der Waals surface area contributed by atoms with Crippen LogP contribution in [0.15, 0.2) is 35.3 Å². The number of likely N-dealkylation sites (tertiary alicyclic amines) is 1. The monoisotopic (exact) mass is 499 g/mol. The molecule has 0 bridgehead atoms. The highest BCUT2D eigenvalue weighted by Crippen LogP contribution is 2.26. The summed E-state index contributed by atoms with van der Waals surface area (Å²) < 4.78 is 0. The zero-order chi connectivity index (χ0) is 18.9. The number of nitrogens with one attached hydrogen (secondary N) is 1. The highest BCUT2D eigenvalue weighted by Gasteiger charge is 2.25. The molecule has 2 saturated heterocycles. The number of likely N-dealkylation sites (N-methyl/N-ethyl adjacent to an activating group) is 1. The fraction of sp³-hybridized carbons (Fsp3) is 0.682. The Balaban J connectivity index is 0.00000280. The summed E-state index contributed by atoms with van der Waals surface area (Å²) in [5.41, 5.74) is 1.46. The molecular weight excluding hydrogens is 461 g/mol. The van der Waals surface area contributed by atoms with E-state index in [4.69, 9.17) is 4.99 Å². The average Bonchev–Trinajstić information content (AvgIpc) is 3.19. The second-order valence-corrected chi connectivity index (χ2v) is 7.93. The second kappa shape index (κ2) is 12.6. The Morgan fingerprint density at radius 3 is 2.54 bits per heavy atom. The van der Waals surface area contributed by atoms with Crippen molar-refractivity contribution in [3.05, 3.63) is 35.9 Å². The molecule has 0 aliphatic carbocycles. The molecule has 158 valence electrons. The largest absolute Gasteiger partial charge is 0.357 e. The van der Waals surface area contributed by atoms with Crippen molar-refractivity contribution >= 4 is 29.9 Å². The van der Waals surface area contributed by atoms with E-state index < -0.39 is 0 Å². The first-order chi connectivity index (χ1) is 13.3. The van der Waals surface area contributed by atoms with Gasteiger partial charge >= 0.3 is 0 Å². The third-order valence-corrected chi connectivity index (χ3v) is 5.83. The summed E-state index contributed by atoms with van der Waals surface area (Å²) in [7, 11) is 2.22. The molecule has 1 aromatic rings. The van der Waals surface area contributed by atoms with Gasteiger partial charge in [-0.25, -0.2) is 0 Å². The Labute approximate surface area is 188 Å². The number of hydrogen-bond donors (Lipinski definition) is 1. The topological polar surface area (TPSA) is 34.1 Å². The predicted molar refractivity (Wildman–Crippen MR) is 130 cm³/mol. The number of halogens is 1. The zero-order valence-corrected chi connectivity index (χ0v) is 20.0. The Morgan fingerprint density at radius 2 is 1.82 bits per heavy atom. The maximum Gasteiger partial charge on any atom is 0.193 e. The normalized spacial score (nSPS) is 21.6. The Hall–Kier alpha value is -0.860. The fourth-order valence-corrected chi connectivity index (χ4v) is 4.08. The van der Waals surface area contributed by atoms with Crippen molar-refractivity contribution in [2.24, 2.45) is 4.99 Å². The molecule has 0 amide bonds. The van der Waals surface area contributed by atoms with Crippen molar-refractivity contribution in [2.45, 2.75) is 32.1 Å². The van der Waals surface area contributed by atoms with E-state index in [2.05, 4.69) is 64.3 Å². The molecule has 1 atom stereocenters. The van der Waals surface area contributed by atoms with E-state index >= 15 is 0 Å². The number of aliphatic imine (C=N–C) groups is 1. The third kappa shape index (κ3) is 7.19. The summed E-state index contributed by atoms with van der Waals surface area (Å²) in [6.45, 7) is 12.3. The van der Waals surface area contributed by atoms with E-state index in [0.717, 1.165) is 32.1 Å². The minimum atomic E-state index is 0. The summed E-state index contributed by atoms with van der Waals surface area (Å²) in [4.78, 5) is 12.4. The Morgan fingerprint density at radius 1 is 1.07 bits per heavy atom. The van der Waals surface area contributed by atoms with Crippen LogP contribution in [0.5, 0.6) is 0 Å². The number of unbranched alkanes of at least 4 members (excludes halogenated alkanes) is 1. The van der Waals surface area contributed by atoms with Gasteiger partial charge < -0.3 is 20.0 Å². The number of hydrogen-bond acceptors (Lipinski definition) is 3. The van der Waals surface area contributed by atoms with Crippen LogP contribution >= 0.6 is 24.0 Å². The summed E-state index contributed by atoms with van der Waals surface area (Å²) in [6.07, 6.45) is 3.65. The summed E-state index contributed by atoms with van der Waals surface area (Å²) in [5, 5.41) is 3.50. The molecule has 1 aromatic carbocycles. The first-order valence-electron chi connectivity index (χ1n) is 10.8. The van der Waals surface area contributed by atoms with Crippen LogP contribution in [-0.4, -0.2) is 86.6 Å². The van der Waals surface area contributed by atoms with Crippen molar-refractivity contribution in [3.8, 4) is 0 Å². The highest BCUT2D eigenvalue weighted by atomic mass is 127. The van der Waals surface area contributed by atoms with Gasteiger partial charge in [-0.3, -0.25) is 4.99 Å². The lowest BCUT2D eigenvalue weighted by Crippen LogP contribution is -2.44. The molecular formula is C22H38IN5. The van der Waals surface area contributed by atoms with E-state index in [1.54, 1.807) is 0 Å². The summed E-state index contributed by atoms with van der Waals surface area (Å²) in [6, 6.07) is 10.9. The van der Waals surface area contributed by atoms with Gasteiger partial charge in [-0.15, -0.1) is 24.0 Å². The lowest BCUT2D eigenvalue weighted by atomic mass is 9.99. The van der Waals surface area contributed by atoms with E-state index in [1.807, 2.05) is 0 Å². The molecule has 0 spiro atoms. The zero-order valence-electron chi connectivity index (χ0n) is 17.6. The SMILES string of the molecule is CCNC(=NCCCCN1CCN(C)CC1)N1CCC(c2ccccc2)C1.I. The quantitative estimate of drug-likeness (QED) is 0.271. The van der Waals surface area contributed by atoms with E-state index in [9.17, 15) is 0 Å². The predicted octanol–water partition coefficient (Wildman–Crippen LogP) is 3.09. The fourth-order valence-electron chi connectivity index (χ4n) is 4.08. The second-order valence-electron chi connectivity index (χ2n) is 7.93. The summed E-state index contributed by atoms with van der Waals surface area (Å²) in [5.74, 6) is 1.74. The van der Waals surface area contributed by atoms with Gasteiger partial charge in [0.1, 0.15) is 0 Å². The number of piperazine rings is 1. The van der Waals surface area contributed by atoms with Crippen LogP contribution in [0, 0.1) is 0 Å². The molecule has 5 nitrogen and oxygen atoms in total. The van der Waals surface area contributed by atoms with Crippen molar-refractivity contribution < 1.29 is 0 Å². The molecule has 2 aliphatic rings. The third-order valence-electron chi connectivity index (χ3n) is 5.83. The van der Waals surface area contributed by atoms with Crippen molar-refractivity contribution in [2.75, 3.05) is 66.0 Å². The van der Waals surface area contributed by atoms with Crippen molar-refractivity contribution in [1.82, 2.24) is 20.0 Å². The number of rotatable bonds is 7. The van der Waals surface area contributed by atoms with Crippen LogP contribution in [-0.2, 0) is 0 Å². The molecule has 2 heterocycles. The van der Waals surface area contributed by atoms with Crippen LogP contribution in [0.2, 0.25) is 0 Å². The molecule has 1 N–H and O–H groups in total. The van der Waals surface area contributed by atoms with Crippen LogP contribution in [0.1, 0.15) is 37.7 Å². The van der Waals surface area contributed by atoms with E-state index in [-0.39, 0.29) is 24.0 Å². The molecule has 6 heteroatoms. The van der Waals surface area contributed by atoms with Crippen molar-refractivity contribution in [3.63, 3.8) is 0 Å². The lowest BCUT2D eigenvalue weighted by Gasteiger charge is -2.32. The molecule has 1 unspecified atom stereocenters. The van der Waals surface area contributed by atoms with Crippen LogP contribution in [0.4, 0.5) is 0 Å². The Kier molecular flexibility index (Phi) is 10.6. The molecule has 0 aromatic heterocycles. The van der Waals surface area contributed by atoms with Gasteiger partial charge in [0.15, 0.2) is 5.96 Å². The maximum absolute atomic E-state index is 4.92. The van der Waals surface area contributed by atoms with E-state index in [0.29, 0.717) is 5.92 Å². The first kappa shape index (κ1) is 23.4. The minimum absolute atomic E-state index is 0. The van der Waals surface area contributed by atoms with Gasteiger partial charge in [0.25, 0.3) is 0 Å². The number of benzene rings is 1. The van der Waals surface area contributed by atoms with Gasteiger partial charge in [0.05, 0.1) is 0 Å². The minimum Gasteiger partial charge on any atom is -0.357 e. The van der Waals surface area contributed by atoms with E-state index in [1.165, 1.54) is 57.5 Å². The lowest BCUT2D eigenvalue weighted by molar-refractivity contribution is 0.152. The van der Waals surface area contributed by atoms with Gasteiger partial charge in [-0.1, -0.05) is 30.3 Å². The number of guanidine groups is 1. The average molecular weight is 499 g/mol. The van der Waals surface area contributed by atoms with Gasteiger partial charge in [-0.05, 0) is 45.3 Å². The van der Waals surface area contributed by atoms with Crippen LogP contribution < -0.4 is 5.32 Å². The smallest absolute Gasteiger partial charge is 0.193 e. The molecule has 28 heavy (non-hydrogen) atoms. The maximum atomic E-state index is 4.92. The summed E-state index contributed by atoms with van der Waals surface area (Å²) >= 11 is 0. The van der Waals surface area contributed by atoms with Crippen LogP contribution in [0.3, 0.4) is 0 Å². The van der Waals surface area contributed by atoms with Gasteiger partial charge in [0, 0.05) is 58.3 Å². The number of nitrogens with zero attached hydrogens (tertiary/aromatic N) is 4. The van der Waals surface area contributed by atoms with Crippen molar-refractivity contribution in [1.29, 1.82) is 0 Å². The standard InChI is InChI=1S/C22H37N5.HI/c1-3-23-22(24-12-7-8-13-26-17-15-25(2)16-18-26)27-14-11-21(19-27)20-9-5-4-6-10-20;/h4-6,9-10,21H,3,7-8,11-19H2,1-2H3,(H,23,24);1H. The molecule has 2 aliphatic heterocycles. The first-order valence-corrected chi connectivity index (χ1v) is 10.8. The molecule has 0 radical (unpaired) electrons. The molecule has 2 fully saturated rings. The Bertz CT molecular complexity index is 572. The van der Waals surface area contributed by atoms with Gasteiger partial charge in [-0.2, -0.15) is 0 Å². The molecule has 0 saturated carbocycles. The molecule has 3 rings (SSSR count). The highest BCUT2D eigenvalue weighted by molar-refractivity contribution is 14.0.